The first kappa shape index (κ1) is 21.0. The first-order chi connectivity index (χ1) is 9.91. The van der Waals surface area contributed by atoms with E-state index in [1.54, 1.807) is 0 Å². The molecule has 0 radical (unpaired) electrons. The fourth-order valence-corrected chi connectivity index (χ4v) is 2.02. The van der Waals surface area contributed by atoms with Crippen LogP contribution in [0.25, 0.3) is 0 Å². The van der Waals surface area contributed by atoms with Crippen molar-refractivity contribution in [3.8, 4) is 5.75 Å². The number of aliphatic imine (C=N–C) groups is 1. The lowest BCUT2D eigenvalue weighted by Crippen LogP contribution is -2.35. The molecule has 0 saturated carbocycles. The van der Waals surface area contributed by atoms with Gasteiger partial charge in [0.05, 0.1) is 13.2 Å². The van der Waals surface area contributed by atoms with Gasteiger partial charge in [0, 0.05) is 33.8 Å². The van der Waals surface area contributed by atoms with Crippen molar-refractivity contribution in [3.63, 3.8) is 0 Å². The molecule has 0 aliphatic carbocycles. The lowest BCUT2D eigenvalue weighted by molar-refractivity contribution is 0.287. The molecule has 126 valence electrons. The molecule has 0 spiro atoms. The van der Waals surface area contributed by atoms with Crippen molar-refractivity contribution in [1.82, 2.24) is 9.80 Å². The molecule has 0 aliphatic rings. The maximum absolute atomic E-state index is 5.90. The minimum atomic E-state index is 0. The summed E-state index contributed by atoms with van der Waals surface area (Å²) in [6, 6.07) is 8.15. The second-order valence-corrected chi connectivity index (χ2v) is 6.04. The van der Waals surface area contributed by atoms with Crippen LogP contribution in [0.1, 0.15) is 25.8 Å². The molecule has 1 aromatic rings. The molecule has 4 nitrogen and oxygen atoms in total. The Labute approximate surface area is 152 Å². The van der Waals surface area contributed by atoms with Crippen LogP contribution in [0.5, 0.6) is 5.75 Å². The summed E-state index contributed by atoms with van der Waals surface area (Å²) in [6.45, 7) is 5.80. The van der Waals surface area contributed by atoms with Gasteiger partial charge in [-0.2, -0.15) is 0 Å². The highest BCUT2D eigenvalue weighted by Crippen LogP contribution is 2.19. The van der Waals surface area contributed by atoms with Crippen molar-refractivity contribution >= 4 is 29.9 Å². The molecule has 0 atom stereocenters. The summed E-state index contributed by atoms with van der Waals surface area (Å²) in [5.41, 5.74) is 1.13. The summed E-state index contributed by atoms with van der Waals surface area (Å²) in [4.78, 5) is 8.72. The molecule has 0 saturated heterocycles. The third kappa shape index (κ3) is 7.33. The van der Waals surface area contributed by atoms with Crippen molar-refractivity contribution in [2.24, 2.45) is 10.9 Å². The van der Waals surface area contributed by atoms with Crippen LogP contribution < -0.4 is 4.74 Å². The van der Waals surface area contributed by atoms with E-state index in [2.05, 4.69) is 24.9 Å². The number of rotatable bonds is 6. The zero-order valence-electron chi connectivity index (χ0n) is 14.7. The second-order valence-electron chi connectivity index (χ2n) is 6.04. The highest BCUT2D eigenvalue weighted by Gasteiger charge is 2.07. The van der Waals surface area contributed by atoms with Crippen LogP contribution >= 0.6 is 24.0 Å². The Hall–Kier alpha value is -0.980. The van der Waals surface area contributed by atoms with E-state index < -0.39 is 0 Å². The van der Waals surface area contributed by atoms with Gasteiger partial charge in [-0.1, -0.05) is 32.0 Å². The highest BCUT2D eigenvalue weighted by atomic mass is 127. The molecule has 0 amide bonds. The summed E-state index contributed by atoms with van der Waals surface area (Å²) in [5.74, 6) is 2.55. The van der Waals surface area contributed by atoms with Crippen molar-refractivity contribution < 1.29 is 4.74 Å². The molecule has 0 unspecified atom stereocenters. The molecular weight excluding hydrogens is 389 g/mol. The summed E-state index contributed by atoms with van der Waals surface area (Å²) < 4.78 is 5.90. The van der Waals surface area contributed by atoms with Gasteiger partial charge in [0.1, 0.15) is 5.75 Å². The molecule has 0 aliphatic heterocycles. The first-order valence-corrected chi connectivity index (χ1v) is 7.51. The Bertz CT molecular complexity index is 449. The topological polar surface area (TPSA) is 28.1 Å². The van der Waals surface area contributed by atoms with Crippen molar-refractivity contribution in [2.45, 2.75) is 26.8 Å². The third-order valence-corrected chi connectivity index (χ3v) is 3.12. The highest BCUT2D eigenvalue weighted by molar-refractivity contribution is 14.0. The molecule has 1 rings (SSSR count). The van der Waals surface area contributed by atoms with Crippen molar-refractivity contribution in [2.75, 3.05) is 34.8 Å². The molecule has 1 aromatic carbocycles. The van der Waals surface area contributed by atoms with Gasteiger partial charge >= 0.3 is 0 Å². The van der Waals surface area contributed by atoms with E-state index in [0.717, 1.165) is 30.3 Å². The monoisotopic (exact) mass is 419 g/mol. The predicted octanol–water partition coefficient (Wildman–Crippen LogP) is 3.71. The molecule has 22 heavy (non-hydrogen) atoms. The minimum Gasteiger partial charge on any atom is -0.493 e. The number of benzene rings is 1. The van der Waals surface area contributed by atoms with Gasteiger partial charge in [0.2, 0.25) is 0 Å². The molecule has 5 heteroatoms. The third-order valence-electron chi connectivity index (χ3n) is 3.12. The van der Waals surface area contributed by atoms with Crippen LogP contribution in [0.4, 0.5) is 0 Å². The number of hydrogen-bond acceptors (Lipinski definition) is 2. The van der Waals surface area contributed by atoms with Crippen molar-refractivity contribution in [1.29, 1.82) is 0 Å². The molecular formula is C17H30IN3O. The van der Waals surface area contributed by atoms with Gasteiger partial charge in [-0.15, -0.1) is 24.0 Å². The largest absolute Gasteiger partial charge is 0.493 e. The average molecular weight is 419 g/mol. The maximum atomic E-state index is 5.90. The number of ether oxygens (including phenoxy) is 1. The second kappa shape index (κ2) is 10.7. The Morgan fingerprint density at radius 3 is 2.23 bits per heavy atom. The average Bonchev–Trinajstić information content (AvgIpc) is 2.39. The van der Waals surface area contributed by atoms with Crippen LogP contribution in [0.3, 0.4) is 0 Å². The van der Waals surface area contributed by atoms with Crippen LogP contribution in [0.2, 0.25) is 0 Å². The molecule has 0 aromatic heterocycles. The zero-order valence-corrected chi connectivity index (χ0v) is 17.0. The summed E-state index contributed by atoms with van der Waals surface area (Å²) >= 11 is 0. The van der Waals surface area contributed by atoms with E-state index in [9.17, 15) is 0 Å². The number of nitrogens with zero attached hydrogens (tertiary/aromatic N) is 3. The van der Waals surface area contributed by atoms with Gasteiger partial charge in [-0.25, -0.2) is 4.99 Å². The van der Waals surface area contributed by atoms with E-state index in [4.69, 9.17) is 4.74 Å². The zero-order chi connectivity index (χ0) is 15.8. The Morgan fingerprint density at radius 1 is 1.09 bits per heavy atom. The minimum absolute atomic E-state index is 0. The lowest BCUT2D eigenvalue weighted by atomic mass is 10.1. The molecule has 0 N–H and O–H groups in total. The van der Waals surface area contributed by atoms with E-state index in [0.29, 0.717) is 12.5 Å². The van der Waals surface area contributed by atoms with Gasteiger partial charge in [0.25, 0.3) is 0 Å². The van der Waals surface area contributed by atoms with Gasteiger partial charge in [-0.05, 0) is 18.4 Å². The summed E-state index contributed by atoms with van der Waals surface area (Å²) in [6.07, 6.45) is 1.07. The summed E-state index contributed by atoms with van der Waals surface area (Å²) in [7, 11) is 8.02. The normalized spacial score (nSPS) is 9.95. The fourth-order valence-electron chi connectivity index (χ4n) is 2.02. The SMILES string of the molecule is CC(C)CCOc1ccccc1CN=C(N(C)C)N(C)C.I. The fraction of sp³-hybridized carbons (Fsp3) is 0.588. The number of halogens is 1. The molecule has 0 heterocycles. The Morgan fingerprint density at radius 2 is 1.68 bits per heavy atom. The van der Waals surface area contributed by atoms with E-state index in [-0.39, 0.29) is 24.0 Å². The molecule has 0 bridgehead atoms. The van der Waals surface area contributed by atoms with E-state index >= 15 is 0 Å². The number of guanidine groups is 1. The maximum Gasteiger partial charge on any atom is 0.195 e. The predicted molar refractivity (Wildman–Crippen MR) is 105 cm³/mol. The van der Waals surface area contributed by atoms with Gasteiger partial charge < -0.3 is 14.5 Å². The van der Waals surface area contributed by atoms with E-state index in [1.807, 2.05) is 56.2 Å². The quantitative estimate of drug-likeness (QED) is 0.400. The lowest BCUT2D eigenvalue weighted by Gasteiger charge is -2.22. The standard InChI is InChI=1S/C17H29N3O.HI/c1-14(2)11-12-21-16-10-8-7-9-15(16)13-18-17(19(3)4)20(5)6;/h7-10,14H,11-13H2,1-6H3;1H. The van der Waals surface area contributed by atoms with Crippen LogP contribution in [-0.4, -0.2) is 50.6 Å². The first-order valence-electron chi connectivity index (χ1n) is 7.51. The molecule has 0 fully saturated rings. The van der Waals surface area contributed by atoms with Crippen molar-refractivity contribution in [3.05, 3.63) is 29.8 Å². The van der Waals surface area contributed by atoms with E-state index in [1.165, 1.54) is 0 Å². The van der Waals surface area contributed by atoms with Gasteiger partial charge in [0.15, 0.2) is 5.96 Å². The Balaban J connectivity index is 0.00000441. The smallest absolute Gasteiger partial charge is 0.195 e. The summed E-state index contributed by atoms with van der Waals surface area (Å²) in [5, 5.41) is 0. The Kier molecular flexibility index (Phi) is 10.2. The van der Waals surface area contributed by atoms with Gasteiger partial charge in [-0.3, -0.25) is 0 Å². The van der Waals surface area contributed by atoms with Crippen LogP contribution in [0.15, 0.2) is 29.3 Å². The number of hydrogen-bond donors (Lipinski definition) is 0. The van der Waals surface area contributed by atoms with Crippen LogP contribution in [0, 0.1) is 5.92 Å². The number of para-hydroxylation sites is 1. The van der Waals surface area contributed by atoms with Crippen LogP contribution in [-0.2, 0) is 6.54 Å².